The molecular weight excluding hydrogens is 480 g/mol. The first kappa shape index (κ1) is 24.3. The Labute approximate surface area is 203 Å². The van der Waals surface area contributed by atoms with Gasteiger partial charge in [-0.1, -0.05) is 17.5 Å². The highest BCUT2D eigenvalue weighted by Gasteiger charge is 2.47. The molecule has 35 heavy (non-hydrogen) atoms. The molecule has 0 aliphatic carbocycles. The van der Waals surface area contributed by atoms with Crippen molar-refractivity contribution in [3.05, 3.63) is 41.2 Å². The predicted octanol–water partition coefficient (Wildman–Crippen LogP) is -1.05. The van der Waals surface area contributed by atoms with E-state index in [1.54, 1.807) is 13.1 Å². The number of rotatable bonds is 4. The maximum absolute atomic E-state index is 12.5. The smallest absolute Gasteiger partial charge is 0.255 e. The van der Waals surface area contributed by atoms with E-state index < -0.39 is 30.4 Å². The summed E-state index contributed by atoms with van der Waals surface area (Å²) in [4.78, 5) is 42.3. The number of hydrogen-bond acceptors (Lipinski definition) is 10. The second kappa shape index (κ2) is 9.80. The van der Waals surface area contributed by atoms with Crippen molar-refractivity contribution in [2.24, 2.45) is 0 Å². The minimum absolute atomic E-state index is 0.0330. The van der Waals surface area contributed by atoms with Gasteiger partial charge in [0.15, 0.2) is 23.8 Å². The van der Waals surface area contributed by atoms with Crippen molar-refractivity contribution in [3.8, 4) is 11.8 Å². The van der Waals surface area contributed by atoms with Gasteiger partial charge in [-0.05, 0) is 18.1 Å². The van der Waals surface area contributed by atoms with E-state index in [0.717, 1.165) is 0 Å². The number of anilines is 1. The molecule has 1 fully saturated rings. The normalized spacial score (nSPS) is 21.4. The number of nitrogens with one attached hydrogen (secondary N) is 1. The maximum Gasteiger partial charge on any atom is 0.255 e. The van der Waals surface area contributed by atoms with Gasteiger partial charge in [-0.15, -0.1) is 0 Å². The van der Waals surface area contributed by atoms with Crippen molar-refractivity contribution in [2.45, 2.75) is 24.5 Å². The molecule has 1 aliphatic rings. The molecule has 4 heterocycles. The Bertz CT molecular complexity index is 1340. The lowest BCUT2D eigenvalue weighted by molar-refractivity contribution is -0.137. The van der Waals surface area contributed by atoms with Gasteiger partial charge in [0.1, 0.15) is 22.9 Å². The Morgan fingerprint density at radius 2 is 2.06 bits per heavy atom. The predicted molar refractivity (Wildman–Crippen MR) is 123 cm³/mol. The van der Waals surface area contributed by atoms with Gasteiger partial charge in [-0.3, -0.25) is 14.2 Å². The van der Waals surface area contributed by atoms with Gasteiger partial charge < -0.3 is 30.9 Å². The number of nitrogen functional groups attached to an aromatic ring is 1. The van der Waals surface area contributed by atoms with Crippen LogP contribution >= 0.6 is 11.6 Å². The summed E-state index contributed by atoms with van der Waals surface area (Å²) in [6.45, 7) is 0.0620. The van der Waals surface area contributed by atoms with Gasteiger partial charge in [-0.2, -0.15) is 0 Å². The molecule has 2 amide bonds. The number of nitrogens with two attached hydrogens (primary N) is 1. The van der Waals surface area contributed by atoms with Crippen LogP contribution in [-0.2, 0) is 9.53 Å². The number of carbonyl (C=O) groups excluding carboxylic acids is 2. The molecule has 3 aromatic rings. The number of aliphatic hydroxyl groups is 2. The Hall–Kier alpha value is -3.83. The third-order valence-corrected chi connectivity index (χ3v) is 5.53. The van der Waals surface area contributed by atoms with Crippen molar-refractivity contribution < 1.29 is 24.5 Å². The lowest BCUT2D eigenvalue weighted by Crippen LogP contribution is -2.41. The molecule has 4 rings (SSSR count). The Morgan fingerprint density at radius 1 is 1.29 bits per heavy atom. The fourth-order valence-corrected chi connectivity index (χ4v) is 3.57. The lowest BCUT2D eigenvalue weighted by atomic mass is 10.1. The molecule has 2 unspecified atom stereocenters. The van der Waals surface area contributed by atoms with E-state index in [1.807, 2.05) is 0 Å². The molecule has 13 nitrogen and oxygen atoms in total. The van der Waals surface area contributed by atoms with Crippen LogP contribution in [0.2, 0.25) is 5.15 Å². The van der Waals surface area contributed by atoms with Crippen molar-refractivity contribution in [1.29, 1.82) is 0 Å². The van der Waals surface area contributed by atoms with E-state index in [4.69, 9.17) is 22.1 Å². The summed E-state index contributed by atoms with van der Waals surface area (Å²) in [6, 6.07) is 3.08. The highest BCUT2D eigenvalue weighted by atomic mass is 35.5. The zero-order valence-corrected chi connectivity index (χ0v) is 19.3. The highest BCUT2D eigenvalue weighted by molar-refractivity contribution is 6.29. The van der Waals surface area contributed by atoms with Crippen LogP contribution in [-0.4, -0.2) is 90.4 Å². The molecule has 1 aliphatic heterocycles. The lowest BCUT2D eigenvalue weighted by Gasteiger charge is -2.16. The molecule has 182 valence electrons. The number of nitrogens with zero attached hydrogens (tertiary/aromatic N) is 6. The number of pyridine rings is 1. The summed E-state index contributed by atoms with van der Waals surface area (Å²) in [6.07, 6.45) is -2.63. The number of carbonyl (C=O) groups is 2. The molecule has 0 aromatic carbocycles. The van der Waals surface area contributed by atoms with Gasteiger partial charge >= 0.3 is 0 Å². The van der Waals surface area contributed by atoms with Gasteiger partial charge in [0.25, 0.3) is 11.8 Å². The first-order valence-corrected chi connectivity index (χ1v) is 10.7. The second-order valence-corrected chi connectivity index (χ2v) is 8.02. The number of amides is 2. The Balaban J connectivity index is 1.56. The van der Waals surface area contributed by atoms with Crippen LogP contribution in [0.3, 0.4) is 0 Å². The van der Waals surface area contributed by atoms with Gasteiger partial charge in [0, 0.05) is 20.3 Å². The zero-order chi connectivity index (χ0) is 25.3. The molecular formula is C21H21ClN8O5. The average molecular weight is 501 g/mol. The standard InChI is InChI=1S/C21H21ClN8O5/c1-24-19(33)16-14(31)15(32)21(35-16)30-9-26-13-17(23)27-12(28-18(13)30)4-3-7-29(2)20(34)10-5-6-11(22)25-8-10/h5-6,8-9,14-16,21,31-32H,7H2,1-2H3,(H,24,33)(H2,23,27,28)/t14-,15+,16?,21?/m0/s1. The molecule has 0 bridgehead atoms. The van der Waals surface area contributed by atoms with E-state index in [1.165, 1.54) is 35.1 Å². The molecule has 14 heteroatoms. The topological polar surface area (TPSA) is 182 Å². The Kier molecular flexibility index (Phi) is 6.81. The Morgan fingerprint density at radius 3 is 2.74 bits per heavy atom. The van der Waals surface area contributed by atoms with Gasteiger partial charge in [0.05, 0.1) is 18.4 Å². The van der Waals surface area contributed by atoms with Gasteiger partial charge in [-0.25, -0.2) is 19.9 Å². The summed E-state index contributed by atoms with van der Waals surface area (Å²) >= 11 is 5.75. The van der Waals surface area contributed by atoms with E-state index in [2.05, 4.69) is 37.1 Å². The number of fused-ring (bicyclic) bond motifs is 1. The molecule has 0 radical (unpaired) electrons. The average Bonchev–Trinajstić information content (AvgIpc) is 3.39. The number of aliphatic hydroxyl groups excluding tert-OH is 2. The number of likely N-dealkylation sites (N-methyl/N-ethyl adjacent to an activating group) is 1. The second-order valence-electron chi connectivity index (χ2n) is 7.63. The van der Waals surface area contributed by atoms with Crippen molar-refractivity contribution >= 4 is 40.4 Å². The highest BCUT2D eigenvalue weighted by Crippen LogP contribution is 2.32. The number of halogens is 1. The van der Waals surface area contributed by atoms with Crippen LogP contribution < -0.4 is 11.1 Å². The van der Waals surface area contributed by atoms with Crippen molar-refractivity contribution in [2.75, 3.05) is 26.4 Å². The van der Waals surface area contributed by atoms with E-state index in [-0.39, 0.29) is 40.4 Å². The molecule has 3 aromatic heterocycles. The molecule has 4 atom stereocenters. The summed E-state index contributed by atoms with van der Waals surface area (Å²) in [7, 11) is 2.97. The monoisotopic (exact) mass is 500 g/mol. The van der Waals surface area contributed by atoms with Crippen LogP contribution in [0.5, 0.6) is 0 Å². The van der Waals surface area contributed by atoms with Crippen LogP contribution in [0, 0.1) is 11.8 Å². The molecule has 5 N–H and O–H groups in total. The minimum Gasteiger partial charge on any atom is -0.387 e. The number of aromatic nitrogens is 5. The molecule has 1 saturated heterocycles. The largest absolute Gasteiger partial charge is 0.387 e. The van der Waals surface area contributed by atoms with E-state index in [0.29, 0.717) is 5.56 Å². The fraction of sp³-hybridized carbons (Fsp3) is 0.333. The van der Waals surface area contributed by atoms with Gasteiger partial charge in [0.2, 0.25) is 5.82 Å². The van der Waals surface area contributed by atoms with Crippen LogP contribution in [0.1, 0.15) is 22.4 Å². The summed E-state index contributed by atoms with van der Waals surface area (Å²) in [5.41, 5.74) is 6.78. The zero-order valence-electron chi connectivity index (χ0n) is 18.6. The third kappa shape index (κ3) is 4.73. The van der Waals surface area contributed by atoms with E-state index in [9.17, 15) is 19.8 Å². The first-order chi connectivity index (χ1) is 16.7. The number of hydrogen-bond donors (Lipinski definition) is 4. The SMILES string of the molecule is CNC(=O)C1OC(n2cnc3c(N)nc(C#CCN(C)C(=O)c4ccc(Cl)nc4)nc32)[C@H](O)[C@@H]1O. The van der Waals surface area contributed by atoms with E-state index >= 15 is 0 Å². The van der Waals surface area contributed by atoms with Crippen molar-refractivity contribution in [1.82, 2.24) is 34.7 Å². The van der Waals surface area contributed by atoms with Crippen LogP contribution in [0.25, 0.3) is 11.2 Å². The summed E-state index contributed by atoms with van der Waals surface area (Å²) in [5, 5.41) is 23.3. The van der Waals surface area contributed by atoms with Crippen LogP contribution in [0.15, 0.2) is 24.7 Å². The molecule has 0 spiro atoms. The van der Waals surface area contributed by atoms with Crippen LogP contribution in [0.4, 0.5) is 5.82 Å². The van der Waals surface area contributed by atoms with Crippen molar-refractivity contribution in [3.63, 3.8) is 0 Å². The number of imidazole rings is 1. The number of ether oxygens (including phenoxy) is 1. The maximum atomic E-state index is 12.5. The minimum atomic E-state index is -1.46. The molecule has 0 saturated carbocycles. The quantitative estimate of drug-likeness (QED) is 0.254. The first-order valence-electron chi connectivity index (χ1n) is 10.3. The third-order valence-electron chi connectivity index (χ3n) is 5.30. The fourth-order valence-electron chi connectivity index (χ4n) is 3.46. The summed E-state index contributed by atoms with van der Waals surface area (Å²) < 4.78 is 6.92. The summed E-state index contributed by atoms with van der Waals surface area (Å²) in [5.74, 6) is 4.75.